The van der Waals surface area contributed by atoms with Crippen LogP contribution in [0.4, 0.5) is 0 Å². The minimum absolute atomic E-state index is 0.0458. The minimum Gasteiger partial charge on any atom is -0.506 e. The number of phenols is 1. The van der Waals surface area contributed by atoms with Crippen molar-refractivity contribution < 1.29 is 13.5 Å². The quantitative estimate of drug-likeness (QED) is 0.743. The Morgan fingerprint density at radius 3 is 2.53 bits per heavy atom. The van der Waals surface area contributed by atoms with Crippen LogP contribution >= 0.6 is 11.6 Å². The maximum atomic E-state index is 11.2. The zero-order valence-corrected chi connectivity index (χ0v) is 12.8. The largest absolute Gasteiger partial charge is 0.506 e. The molecule has 1 rings (SSSR count). The Balaban J connectivity index is 2.51. The predicted molar refractivity (Wildman–Crippen MR) is 76.9 cm³/mol. The maximum absolute atomic E-state index is 11.2. The van der Waals surface area contributed by atoms with E-state index in [1.807, 2.05) is 0 Å². The van der Waals surface area contributed by atoms with Gasteiger partial charge in [0.15, 0.2) is 0 Å². The summed E-state index contributed by atoms with van der Waals surface area (Å²) in [5, 5.41) is 12.7. The molecule has 5 nitrogen and oxygen atoms in total. The summed E-state index contributed by atoms with van der Waals surface area (Å²) in [5.41, 5.74) is 0.340. The average Bonchev–Trinajstić information content (AvgIpc) is 2.19. The second-order valence-electron chi connectivity index (χ2n) is 5.15. The highest BCUT2D eigenvalue weighted by atomic mass is 35.5. The fourth-order valence-electron chi connectivity index (χ4n) is 1.72. The number of sulfonamides is 1. The molecule has 0 fully saturated rings. The van der Waals surface area contributed by atoms with E-state index in [0.29, 0.717) is 18.1 Å². The van der Waals surface area contributed by atoms with Crippen molar-refractivity contribution in [1.82, 2.24) is 10.0 Å². The van der Waals surface area contributed by atoms with Crippen LogP contribution in [0.3, 0.4) is 0 Å². The maximum Gasteiger partial charge on any atom is 0.209 e. The van der Waals surface area contributed by atoms with Gasteiger partial charge in [-0.1, -0.05) is 17.7 Å². The molecule has 0 aliphatic rings. The summed E-state index contributed by atoms with van der Waals surface area (Å²) in [6, 6.07) is 4.95. The van der Waals surface area contributed by atoms with Gasteiger partial charge in [0.2, 0.25) is 10.0 Å². The Kier molecular flexibility index (Phi) is 5.20. The van der Waals surface area contributed by atoms with Gasteiger partial charge in [0.25, 0.3) is 0 Å². The van der Waals surface area contributed by atoms with Crippen LogP contribution in [-0.2, 0) is 16.6 Å². The molecule has 108 valence electrons. The summed E-state index contributed by atoms with van der Waals surface area (Å²) in [6.07, 6.45) is 1.13. The molecular weight excluding hydrogens is 288 g/mol. The third-order valence-electron chi connectivity index (χ3n) is 2.37. The van der Waals surface area contributed by atoms with Crippen molar-refractivity contribution in [2.24, 2.45) is 0 Å². The van der Waals surface area contributed by atoms with E-state index in [2.05, 4.69) is 10.0 Å². The van der Waals surface area contributed by atoms with Gasteiger partial charge in [-0.3, -0.25) is 0 Å². The number of hydrogen-bond acceptors (Lipinski definition) is 4. The van der Waals surface area contributed by atoms with Gasteiger partial charge in [0.05, 0.1) is 11.3 Å². The smallest absolute Gasteiger partial charge is 0.209 e. The van der Waals surface area contributed by atoms with E-state index in [1.54, 1.807) is 26.0 Å². The molecule has 0 spiro atoms. The van der Waals surface area contributed by atoms with Crippen molar-refractivity contribution in [2.75, 3.05) is 12.8 Å². The van der Waals surface area contributed by atoms with Crippen molar-refractivity contribution in [2.45, 2.75) is 25.9 Å². The molecule has 0 aromatic heterocycles. The van der Waals surface area contributed by atoms with Gasteiger partial charge in [-0.05, 0) is 31.5 Å². The van der Waals surface area contributed by atoms with Crippen LogP contribution in [0.5, 0.6) is 5.75 Å². The molecule has 0 atom stereocenters. The van der Waals surface area contributed by atoms with Crippen LogP contribution in [0, 0.1) is 0 Å². The van der Waals surface area contributed by atoms with Gasteiger partial charge in [-0.25, -0.2) is 13.1 Å². The van der Waals surface area contributed by atoms with Gasteiger partial charge in [0.1, 0.15) is 5.75 Å². The number of hydrogen-bond donors (Lipinski definition) is 3. The Hall–Kier alpha value is -0.820. The van der Waals surface area contributed by atoms with E-state index >= 15 is 0 Å². The highest BCUT2D eigenvalue weighted by molar-refractivity contribution is 7.88. The molecule has 3 N–H and O–H groups in total. The van der Waals surface area contributed by atoms with Gasteiger partial charge in [-0.2, -0.15) is 0 Å². The zero-order chi connectivity index (χ0) is 14.7. The lowest BCUT2D eigenvalue weighted by atomic mass is 10.1. The third kappa shape index (κ3) is 6.24. The van der Waals surface area contributed by atoms with Crippen LogP contribution in [0.25, 0.3) is 0 Å². The van der Waals surface area contributed by atoms with Gasteiger partial charge in [0, 0.05) is 18.6 Å². The summed E-state index contributed by atoms with van der Waals surface area (Å²) >= 11 is 5.80. The first-order valence-corrected chi connectivity index (χ1v) is 8.03. The first-order valence-electron chi connectivity index (χ1n) is 5.76. The number of nitrogens with one attached hydrogen (secondary N) is 2. The SMILES string of the molecule is CC(C)(CNCc1ccc(O)c(Cl)c1)NS(C)(=O)=O. The molecule has 7 heteroatoms. The van der Waals surface area contributed by atoms with Crippen molar-refractivity contribution in [3.8, 4) is 5.75 Å². The molecule has 0 bridgehead atoms. The van der Waals surface area contributed by atoms with Crippen LogP contribution < -0.4 is 10.0 Å². The summed E-state index contributed by atoms with van der Waals surface area (Å²) in [5.74, 6) is 0.0458. The molecule has 0 amide bonds. The van der Waals surface area contributed by atoms with Crippen molar-refractivity contribution in [1.29, 1.82) is 0 Å². The molecule has 0 radical (unpaired) electrons. The van der Waals surface area contributed by atoms with Gasteiger partial charge < -0.3 is 10.4 Å². The lowest BCUT2D eigenvalue weighted by Gasteiger charge is -2.25. The fourth-order valence-corrected chi connectivity index (χ4v) is 3.00. The number of benzene rings is 1. The first-order chi connectivity index (χ1) is 8.59. The standard InChI is InChI=1S/C12H19ClN2O3S/c1-12(2,15-19(3,17)18)8-14-7-9-4-5-11(16)10(13)6-9/h4-6,14-16H,7-8H2,1-3H3. The van der Waals surface area contributed by atoms with E-state index in [-0.39, 0.29) is 5.75 Å². The number of aromatic hydroxyl groups is 1. The zero-order valence-electron chi connectivity index (χ0n) is 11.2. The molecule has 0 aliphatic carbocycles. The van der Waals surface area contributed by atoms with E-state index < -0.39 is 15.6 Å². The number of rotatable bonds is 6. The average molecular weight is 307 g/mol. The Bertz CT molecular complexity index is 544. The van der Waals surface area contributed by atoms with Gasteiger partial charge in [-0.15, -0.1) is 0 Å². The highest BCUT2D eigenvalue weighted by Crippen LogP contribution is 2.23. The molecule has 0 aliphatic heterocycles. The second kappa shape index (κ2) is 6.09. The lowest BCUT2D eigenvalue weighted by Crippen LogP contribution is -2.49. The van der Waals surface area contributed by atoms with Crippen molar-refractivity contribution in [3.63, 3.8) is 0 Å². The number of halogens is 1. The van der Waals surface area contributed by atoms with Gasteiger partial charge >= 0.3 is 0 Å². The molecule has 1 aromatic carbocycles. The highest BCUT2D eigenvalue weighted by Gasteiger charge is 2.21. The summed E-state index contributed by atoms with van der Waals surface area (Å²) in [6.45, 7) is 4.60. The van der Waals surface area contributed by atoms with E-state index in [9.17, 15) is 13.5 Å². The van der Waals surface area contributed by atoms with Crippen LogP contribution in [0.15, 0.2) is 18.2 Å². The van der Waals surface area contributed by atoms with E-state index in [0.717, 1.165) is 11.8 Å². The molecular formula is C12H19ClN2O3S. The lowest BCUT2D eigenvalue weighted by molar-refractivity contribution is 0.421. The first kappa shape index (κ1) is 16.2. The molecule has 0 heterocycles. The Labute approximate surface area is 119 Å². The molecule has 0 saturated heterocycles. The monoisotopic (exact) mass is 306 g/mol. The summed E-state index contributed by atoms with van der Waals surface area (Å²) in [7, 11) is -3.23. The predicted octanol–water partition coefficient (Wildman–Crippen LogP) is 1.46. The van der Waals surface area contributed by atoms with E-state index in [4.69, 9.17) is 11.6 Å². The fraction of sp³-hybridized carbons (Fsp3) is 0.500. The molecule has 0 saturated carbocycles. The summed E-state index contributed by atoms with van der Waals surface area (Å²) in [4.78, 5) is 0. The van der Waals surface area contributed by atoms with Crippen molar-refractivity contribution >= 4 is 21.6 Å². The topological polar surface area (TPSA) is 78.4 Å². The molecule has 1 aromatic rings. The van der Waals surface area contributed by atoms with Crippen LogP contribution in [0.2, 0.25) is 5.02 Å². The number of phenolic OH excluding ortho intramolecular Hbond substituents is 1. The van der Waals surface area contributed by atoms with Crippen LogP contribution in [-0.4, -0.2) is 31.9 Å². The molecule has 0 unspecified atom stereocenters. The van der Waals surface area contributed by atoms with Crippen molar-refractivity contribution in [3.05, 3.63) is 28.8 Å². The van der Waals surface area contributed by atoms with E-state index in [1.165, 1.54) is 6.07 Å². The third-order valence-corrected chi connectivity index (χ3v) is 3.60. The minimum atomic E-state index is -3.23. The summed E-state index contributed by atoms with van der Waals surface area (Å²) < 4.78 is 24.9. The normalized spacial score (nSPS) is 12.6. The Morgan fingerprint density at radius 1 is 1.37 bits per heavy atom. The second-order valence-corrected chi connectivity index (χ2v) is 7.30. The Morgan fingerprint density at radius 2 is 2.00 bits per heavy atom. The molecule has 19 heavy (non-hydrogen) atoms. The van der Waals surface area contributed by atoms with Crippen LogP contribution in [0.1, 0.15) is 19.4 Å².